The molecule has 0 atom stereocenters. The molecular weight excluding hydrogens is 336 g/mol. The van der Waals surface area contributed by atoms with Crippen LogP contribution in [0.1, 0.15) is 42.9 Å². The first-order valence-corrected chi connectivity index (χ1v) is 9.40. The Morgan fingerprint density at radius 1 is 0.630 bits per heavy atom. The second-order valence-electron chi connectivity index (χ2n) is 7.12. The zero-order valence-corrected chi connectivity index (χ0v) is 15.6. The Labute approximate surface area is 160 Å². The molecule has 0 spiro atoms. The van der Waals surface area contributed by atoms with Crippen LogP contribution in [0.25, 0.3) is 0 Å². The molecule has 0 aliphatic heterocycles. The minimum absolute atomic E-state index is 0.249. The maximum Gasteiger partial charge on any atom is 0.115 e. The molecule has 0 saturated carbocycles. The maximum atomic E-state index is 9.76. The van der Waals surface area contributed by atoms with Gasteiger partial charge >= 0.3 is 0 Å². The van der Waals surface area contributed by atoms with Gasteiger partial charge in [-0.2, -0.15) is 0 Å². The molecule has 0 amide bonds. The third kappa shape index (κ3) is 4.25. The van der Waals surface area contributed by atoms with Crippen molar-refractivity contribution in [2.24, 2.45) is 0 Å². The van der Waals surface area contributed by atoms with E-state index in [1.165, 1.54) is 0 Å². The molecule has 3 aromatic rings. The van der Waals surface area contributed by atoms with Crippen molar-refractivity contribution >= 4 is 0 Å². The average molecular weight is 362 g/mol. The van der Waals surface area contributed by atoms with Gasteiger partial charge in [0.15, 0.2) is 0 Å². The molecule has 3 N–H and O–H groups in total. The fraction of sp³-hybridized carbons (Fsp3) is 0.250. The summed E-state index contributed by atoms with van der Waals surface area (Å²) in [7, 11) is 0. The fourth-order valence-corrected chi connectivity index (χ4v) is 3.75. The second kappa shape index (κ2) is 8.17. The molecule has 0 radical (unpaired) electrons. The quantitative estimate of drug-likeness (QED) is 0.518. The Morgan fingerprint density at radius 3 is 1.44 bits per heavy atom. The van der Waals surface area contributed by atoms with Crippen molar-refractivity contribution in [3.05, 3.63) is 89.5 Å². The molecule has 0 heterocycles. The van der Waals surface area contributed by atoms with Gasteiger partial charge in [0.1, 0.15) is 17.2 Å². The van der Waals surface area contributed by atoms with Crippen LogP contribution in [0.5, 0.6) is 17.2 Å². The second-order valence-corrected chi connectivity index (χ2v) is 7.12. The number of unbranched alkanes of at least 4 members (excludes halogenated alkanes) is 1. The molecule has 0 fully saturated rings. The summed E-state index contributed by atoms with van der Waals surface area (Å²) in [6, 6.07) is 22.2. The highest BCUT2D eigenvalue weighted by molar-refractivity contribution is 5.45. The van der Waals surface area contributed by atoms with E-state index in [2.05, 4.69) is 6.92 Å². The van der Waals surface area contributed by atoms with E-state index in [0.717, 1.165) is 42.4 Å². The third-order valence-corrected chi connectivity index (χ3v) is 5.24. The summed E-state index contributed by atoms with van der Waals surface area (Å²) in [6.07, 6.45) is 3.84. The highest BCUT2D eigenvalue weighted by Crippen LogP contribution is 2.41. The van der Waals surface area contributed by atoms with Crippen LogP contribution in [0.4, 0.5) is 0 Å². The first kappa shape index (κ1) is 18.8. The minimum atomic E-state index is -0.283. The van der Waals surface area contributed by atoms with Gasteiger partial charge in [-0.15, -0.1) is 0 Å². The molecule has 3 rings (SSSR count). The smallest absolute Gasteiger partial charge is 0.115 e. The molecule has 3 nitrogen and oxygen atoms in total. The van der Waals surface area contributed by atoms with Gasteiger partial charge in [-0.05, 0) is 65.9 Å². The Bertz CT molecular complexity index is 804. The van der Waals surface area contributed by atoms with E-state index in [9.17, 15) is 15.3 Å². The summed E-state index contributed by atoms with van der Waals surface area (Å²) in [4.78, 5) is 0. The van der Waals surface area contributed by atoms with Crippen LogP contribution in [0, 0.1) is 0 Å². The zero-order valence-electron chi connectivity index (χ0n) is 15.6. The number of rotatable bonds is 7. The number of benzene rings is 3. The third-order valence-electron chi connectivity index (χ3n) is 5.24. The van der Waals surface area contributed by atoms with Crippen molar-refractivity contribution in [1.82, 2.24) is 0 Å². The predicted octanol–water partition coefficient (Wildman–Crippen LogP) is 5.52. The predicted molar refractivity (Wildman–Crippen MR) is 108 cm³/mol. The average Bonchev–Trinajstić information content (AvgIpc) is 2.68. The van der Waals surface area contributed by atoms with Gasteiger partial charge in [0.2, 0.25) is 0 Å². The summed E-state index contributed by atoms with van der Waals surface area (Å²) in [5, 5.41) is 29.2. The largest absolute Gasteiger partial charge is 0.508 e. The first-order valence-electron chi connectivity index (χ1n) is 9.40. The summed E-state index contributed by atoms with van der Waals surface area (Å²) in [5.74, 6) is 0.754. The topological polar surface area (TPSA) is 60.7 Å². The van der Waals surface area contributed by atoms with Crippen LogP contribution in [0.15, 0.2) is 72.8 Å². The molecular formula is C24H26O3. The summed E-state index contributed by atoms with van der Waals surface area (Å²) in [6.45, 7) is 2.18. The van der Waals surface area contributed by atoms with Gasteiger partial charge in [-0.25, -0.2) is 0 Å². The Balaban J connectivity index is 2.14. The van der Waals surface area contributed by atoms with Crippen molar-refractivity contribution in [2.45, 2.75) is 38.0 Å². The van der Waals surface area contributed by atoms with E-state index >= 15 is 0 Å². The number of aromatic hydroxyl groups is 3. The fourth-order valence-electron chi connectivity index (χ4n) is 3.75. The van der Waals surface area contributed by atoms with Gasteiger partial charge in [0, 0.05) is 5.41 Å². The number of phenols is 3. The molecule has 140 valence electrons. The first-order chi connectivity index (χ1) is 13.0. The Hall–Kier alpha value is -2.94. The Morgan fingerprint density at radius 2 is 1.04 bits per heavy atom. The van der Waals surface area contributed by atoms with E-state index in [1.54, 1.807) is 36.4 Å². The lowest BCUT2D eigenvalue weighted by Crippen LogP contribution is -2.30. The van der Waals surface area contributed by atoms with Gasteiger partial charge in [-0.3, -0.25) is 0 Å². The van der Waals surface area contributed by atoms with E-state index in [0.29, 0.717) is 0 Å². The Kier molecular flexibility index (Phi) is 5.70. The van der Waals surface area contributed by atoms with E-state index in [1.807, 2.05) is 36.4 Å². The van der Waals surface area contributed by atoms with Crippen LogP contribution >= 0.6 is 0 Å². The van der Waals surface area contributed by atoms with Gasteiger partial charge < -0.3 is 15.3 Å². The normalized spacial score (nSPS) is 11.4. The van der Waals surface area contributed by atoms with Gasteiger partial charge in [0.25, 0.3) is 0 Å². The van der Waals surface area contributed by atoms with Crippen molar-refractivity contribution in [3.63, 3.8) is 0 Å². The molecule has 0 aliphatic rings. The lowest BCUT2D eigenvalue weighted by Gasteiger charge is -2.36. The SMILES string of the molecule is CCCCC(Cc1ccc(O)cc1)(c1ccc(O)cc1)c1ccc(O)cc1. The van der Waals surface area contributed by atoms with E-state index in [-0.39, 0.29) is 22.7 Å². The number of phenolic OH excluding ortho intramolecular Hbond substituents is 3. The summed E-state index contributed by atoms with van der Waals surface area (Å²) < 4.78 is 0. The van der Waals surface area contributed by atoms with Crippen molar-refractivity contribution in [2.75, 3.05) is 0 Å². The van der Waals surface area contributed by atoms with Crippen molar-refractivity contribution in [3.8, 4) is 17.2 Å². The lowest BCUT2D eigenvalue weighted by atomic mass is 9.67. The maximum absolute atomic E-state index is 9.76. The monoisotopic (exact) mass is 362 g/mol. The molecule has 0 aliphatic carbocycles. The van der Waals surface area contributed by atoms with Gasteiger partial charge in [0.05, 0.1) is 0 Å². The van der Waals surface area contributed by atoms with E-state index in [4.69, 9.17) is 0 Å². The van der Waals surface area contributed by atoms with Crippen LogP contribution in [0.3, 0.4) is 0 Å². The van der Waals surface area contributed by atoms with Crippen molar-refractivity contribution in [1.29, 1.82) is 0 Å². The highest BCUT2D eigenvalue weighted by atomic mass is 16.3. The summed E-state index contributed by atoms with van der Waals surface area (Å²) >= 11 is 0. The lowest BCUT2D eigenvalue weighted by molar-refractivity contribution is 0.441. The summed E-state index contributed by atoms with van der Waals surface area (Å²) in [5.41, 5.74) is 3.11. The zero-order chi connectivity index (χ0) is 19.3. The molecule has 0 aromatic heterocycles. The molecule has 27 heavy (non-hydrogen) atoms. The molecule has 0 saturated heterocycles. The standard InChI is InChI=1S/C24H26O3/c1-2-3-16-24(19-6-12-22(26)13-7-19,20-8-14-23(27)15-9-20)17-18-4-10-21(25)11-5-18/h4-15,25-27H,2-3,16-17H2,1H3. The number of hydrogen-bond donors (Lipinski definition) is 3. The van der Waals surface area contributed by atoms with Gasteiger partial charge in [-0.1, -0.05) is 56.2 Å². The van der Waals surface area contributed by atoms with Crippen LogP contribution in [0.2, 0.25) is 0 Å². The van der Waals surface area contributed by atoms with E-state index < -0.39 is 0 Å². The number of hydrogen-bond acceptors (Lipinski definition) is 3. The highest BCUT2D eigenvalue weighted by Gasteiger charge is 2.34. The van der Waals surface area contributed by atoms with Crippen LogP contribution < -0.4 is 0 Å². The van der Waals surface area contributed by atoms with Crippen LogP contribution in [-0.2, 0) is 11.8 Å². The molecule has 3 aromatic carbocycles. The van der Waals surface area contributed by atoms with Crippen molar-refractivity contribution < 1.29 is 15.3 Å². The minimum Gasteiger partial charge on any atom is -0.508 e. The van der Waals surface area contributed by atoms with Crippen LogP contribution in [-0.4, -0.2) is 15.3 Å². The molecule has 0 bridgehead atoms. The molecule has 0 unspecified atom stereocenters. The molecule has 3 heteroatoms.